The summed E-state index contributed by atoms with van der Waals surface area (Å²) >= 11 is 7.33. The normalized spacial score (nSPS) is 15.4. The summed E-state index contributed by atoms with van der Waals surface area (Å²) in [4.78, 5) is 22.6. The summed E-state index contributed by atoms with van der Waals surface area (Å²) in [6, 6.07) is 4.43. The number of anilines is 2. The Morgan fingerprint density at radius 2 is 2.10 bits per heavy atom. The molecule has 0 spiro atoms. The number of nitrogens with zero attached hydrogens (tertiary/aromatic N) is 3. The molecule has 158 valence electrons. The molecule has 1 aliphatic rings. The van der Waals surface area contributed by atoms with E-state index in [1.54, 1.807) is 28.7 Å². The lowest BCUT2D eigenvalue weighted by Crippen LogP contribution is -2.38. The molecule has 0 saturated carbocycles. The molecule has 3 aromatic rings. The zero-order valence-electron chi connectivity index (χ0n) is 15.4. The minimum absolute atomic E-state index is 0.0547. The van der Waals surface area contributed by atoms with Crippen LogP contribution in [0.3, 0.4) is 0 Å². The van der Waals surface area contributed by atoms with Crippen LogP contribution in [-0.2, 0) is 11.0 Å². The maximum atomic E-state index is 12.8. The van der Waals surface area contributed by atoms with Gasteiger partial charge in [-0.3, -0.25) is 4.79 Å². The standard InChI is InChI=1S/C19H16ClF3N4O2S/c20-13-8-12(19(21,22)23)9-24-16(13)27-5-3-11(4-6-27)17(28)26-18-25-14(10-30-18)15-2-1-7-29-15/h1-2,7-11H,3-6H2,(H,25,26,28). The van der Waals surface area contributed by atoms with E-state index in [-0.39, 0.29) is 16.8 Å². The molecule has 1 saturated heterocycles. The molecule has 4 heterocycles. The monoisotopic (exact) mass is 456 g/mol. The van der Waals surface area contributed by atoms with Gasteiger partial charge in [0.1, 0.15) is 11.5 Å². The first-order valence-electron chi connectivity index (χ1n) is 9.09. The first-order chi connectivity index (χ1) is 14.3. The second-order valence-electron chi connectivity index (χ2n) is 6.79. The Morgan fingerprint density at radius 3 is 2.73 bits per heavy atom. The number of halogens is 4. The van der Waals surface area contributed by atoms with Crippen LogP contribution in [0.5, 0.6) is 0 Å². The van der Waals surface area contributed by atoms with Crippen LogP contribution in [0.2, 0.25) is 5.02 Å². The van der Waals surface area contributed by atoms with Gasteiger partial charge in [-0.15, -0.1) is 11.3 Å². The number of carbonyl (C=O) groups is 1. The molecule has 6 nitrogen and oxygen atoms in total. The maximum absolute atomic E-state index is 12.8. The minimum Gasteiger partial charge on any atom is -0.463 e. The highest BCUT2D eigenvalue weighted by Gasteiger charge is 2.33. The van der Waals surface area contributed by atoms with Crippen molar-refractivity contribution in [3.63, 3.8) is 0 Å². The van der Waals surface area contributed by atoms with Gasteiger partial charge in [-0.05, 0) is 31.0 Å². The van der Waals surface area contributed by atoms with Crippen LogP contribution in [0.1, 0.15) is 18.4 Å². The summed E-state index contributed by atoms with van der Waals surface area (Å²) in [6.45, 7) is 0.928. The number of nitrogens with one attached hydrogen (secondary N) is 1. The summed E-state index contributed by atoms with van der Waals surface area (Å²) in [5.41, 5.74) is -0.235. The second kappa shape index (κ2) is 8.27. The van der Waals surface area contributed by atoms with Crippen LogP contribution in [0, 0.1) is 5.92 Å². The number of alkyl halides is 3. The number of hydrogen-bond acceptors (Lipinski definition) is 6. The number of pyridine rings is 1. The first-order valence-corrected chi connectivity index (χ1v) is 10.3. The van der Waals surface area contributed by atoms with Crippen molar-refractivity contribution in [1.29, 1.82) is 0 Å². The molecule has 3 aromatic heterocycles. The van der Waals surface area contributed by atoms with Crippen molar-refractivity contribution in [2.75, 3.05) is 23.3 Å². The molecule has 0 unspecified atom stereocenters. The summed E-state index contributed by atoms with van der Waals surface area (Å²) < 4.78 is 43.6. The fourth-order valence-electron chi connectivity index (χ4n) is 3.25. The molecule has 1 fully saturated rings. The second-order valence-corrected chi connectivity index (χ2v) is 8.06. The van der Waals surface area contributed by atoms with Gasteiger partial charge in [-0.2, -0.15) is 13.2 Å². The van der Waals surface area contributed by atoms with E-state index in [0.717, 1.165) is 12.3 Å². The lowest BCUT2D eigenvalue weighted by atomic mass is 9.96. The highest BCUT2D eigenvalue weighted by molar-refractivity contribution is 7.14. The Balaban J connectivity index is 1.35. The number of piperidine rings is 1. The fourth-order valence-corrected chi connectivity index (χ4v) is 4.24. The van der Waals surface area contributed by atoms with Crippen LogP contribution < -0.4 is 10.2 Å². The van der Waals surface area contributed by atoms with Gasteiger partial charge in [-0.25, -0.2) is 9.97 Å². The van der Waals surface area contributed by atoms with E-state index >= 15 is 0 Å². The predicted octanol–water partition coefficient (Wildman–Crippen LogP) is 5.33. The fraction of sp³-hybridized carbons (Fsp3) is 0.316. The topological polar surface area (TPSA) is 71.3 Å². The smallest absolute Gasteiger partial charge is 0.417 e. The number of rotatable bonds is 4. The number of thiazole rings is 1. The van der Waals surface area contributed by atoms with E-state index in [0.29, 0.717) is 48.3 Å². The van der Waals surface area contributed by atoms with Crippen LogP contribution in [0.4, 0.5) is 24.1 Å². The Hall–Kier alpha value is -2.59. The van der Waals surface area contributed by atoms with E-state index in [4.69, 9.17) is 16.0 Å². The van der Waals surface area contributed by atoms with Crippen molar-refractivity contribution in [3.8, 4) is 11.5 Å². The zero-order chi connectivity index (χ0) is 21.3. The van der Waals surface area contributed by atoms with Gasteiger partial charge in [0, 0.05) is 30.6 Å². The molecule has 30 heavy (non-hydrogen) atoms. The molecular weight excluding hydrogens is 441 g/mol. The molecule has 1 aliphatic heterocycles. The quantitative estimate of drug-likeness (QED) is 0.575. The number of aromatic nitrogens is 2. The van der Waals surface area contributed by atoms with E-state index in [1.807, 2.05) is 0 Å². The van der Waals surface area contributed by atoms with E-state index < -0.39 is 11.7 Å². The number of carbonyl (C=O) groups excluding carboxylic acids is 1. The highest BCUT2D eigenvalue weighted by atomic mass is 35.5. The average molecular weight is 457 g/mol. The molecule has 4 rings (SSSR count). The molecule has 0 radical (unpaired) electrons. The van der Waals surface area contributed by atoms with E-state index in [9.17, 15) is 18.0 Å². The lowest BCUT2D eigenvalue weighted by molar-refractivity contribution is -0.137. The molecule has 11 heteroatoms. The Kier molecular flexibility index (Phi) is 5.70. The molecule has 0 atom stereocenters. The first kappa shape index (κ1) is 20.7. The van der Waals surface area contributed by atoms with Gasteiger partial charge in [0.2, 0.25) is 5.91 Å². The highest BCUT2D eigenvalue weighted by Crippen LogP contribution is 2.35. The number of amides is 1. The SMILES string of the molecule is O=C(Nc1nc(-c2ccco2)cs1)C1CCN(c2ncc(C(F)(F)F)cc2Cl)CC1. The third kappa shape index (κ3) is 4.44. The van der Waals surface area contributed by atoms with Crippen molar-refractivity contribution < 1.29 is 22.4 Å². The van der Waals surface area contributed by atoms with Gasteiger partial charge in [0.15, 0.2) is 10.9 Å². The molecular formula is C19H16ClF3N4O2S. The molecule has 0 aliphatic carbocycles. The molecule has 0 aromatic carbocycles. The van der Waals surface area contributed by atoms with Crippen molar-refractivity contribution in [3.05, 3.63) is 46.6 Å². The molecule has 1 N–H and O–H groups in total. The maximum Gasteiger partial charge on any atom is 0.417 e. The Labute approximate surface area is 178 Å². The van der Waals surface area contributed by atoms with Crippen molar-refractivity contribution in [1.82, 2.24) is 9.97 Å². The molecule has 0 bridgehead atoms. The molecule has 1 amide bonds. The minimum atomic E-state index is -4.49. The zero-order valence-corrected chi connectivity index (χ0v) is 17.0. The average Bonchev–Trinajstić information content (AvgIpc) is 3.39. The van der Waals surface area contributed by atoms with Gasteiger partial charge >= 0.3 is 6.18 Å². The van der Waals surface area contributed by atoms with Gasteiger partial charge < -0.3 is 14.6 Å². The summed E-state index contributed by atoms with van der Waals surface area (Å²) in [7, 11) is 0. The van der Waals surface area contributed by atoms with Gasteiger partial charge in [0.25, 0.3) is 0 Å². The largest absolute Gasteiger partial charge is 0.463 e. The van der Waals surface area contributed by atoms with Gasteiger partial charge in [-0.1, -0.05) is 11.6 Å². The predicted molar refractivity (Wildman–Crippen MR) is 108 cm³/mol. The summed E-state index contributed by atoms with van der Waals surface area (Å²) in [5, 5.41) is 5.06. The van der Waals surface area contributed by atoms with Crippen LogP contribution >= 0.6 is 22.9 Å². The van der Waals surface area contributed by atoms with E-state index in [2.05, 4.69) is 15.3 Å². The van der Waals surface area contributed by atoms with Crippen LogP contribution in [0.15, 0.2) is 40.5 Å². The number of furan rings is 1. The van der Waals surface area contributed by atoms with Crippen molar-refractivity contribution in [2.24, 2.45) is 5.92 Å². The van der Waals surface area contributed by atoms with Crippen molar-refractivity contribution in [2.45, 2.75) is 19.0 Å². The Morgan fingerprint density at radius 1 is 1.33 bits per heavy atom. The summed E-state index contributed by atoms with van der Waals surface area (Å²) in [5.74, 6) is 0.555. The van der Waals surface area contributed by atoms with Crippen LogP contribution in [0.25, 0.3) is 11.5 Å². The lowest BCUT2D eigenvalue weighted by Gasteiger charge is -2.32. The van der Waals surface area contributed by atoms with Gasteiger partial charge in [0.05, 0.1) is 16.8 Å². The summed E-state index contributed by atoms with van der Waals surface area (Å²) in [6.07, 6.45) is -1.10. The number of hydrogen-bond donors (Lipinski definition) is 1. The van der Waals surface area contributed by atoms with E-state index in [1.165, 1.54) is 11.3 Å². The third-order valence-corrected chi connectivity index (χ3v) is 5.86. The third-order valence-electron chi connectivity index (χ3n) is 4.82. The van der Waals surface area contributed by atoms with Crippen molar-refractivity contribution >= 4 is 39.8 Å². The van der Waals surface area contributed by atoms with Crippen LogP contribution in [-0.4, -0.2) is 29.0 Å². The Bertz CT molecular complexity index is 1030.